The summed E-state index contributed by atoms with van der Waals surface area (Å²) >= 11 is 0. The zero-order valence-corrected chi connectivity index (χ0v) is 17.3. The fraction of sp³-hybridized carbons (Fsp3) is 0.714. The molecule has 1 aromatic carbocycles. The third-order valence-corrected chi connectivity index (χ3v) is 7.27. The van der Waals surface area contributed by atoms with E-state index in [1.807, 2.05) is 0 Å². The van der Waals surface area contributed by atoms with Gasteiger partial charge in [0.2, 0.25) is 0 Å². The Hall–Kier alpha value is -0.470. The number of aryl methyl sites for hydroxylation is 1. The maximum Gasteiger partial charge on any atom is 0.333 e. The largest absolute Gasteiger partial charge is 0.333 e. The Morgan fingerprint density at radius 1 is 0.880 bits per heavy atom. The highest BCUT2D eigenvalue weighted by molar-refractivity contribution is 7.41. The summed E-state index contributed by atoms with van der Waals surface area (Å²) < 4.78 is 19.0. The van der Waals surface area contributed by atoms with Gasteiger partial charge in [0.1, 0.15) is 0 Å². The second-order valence-electron chi connectivity index (χ2n) is 7.11. The van der Waals surface area contributed by atoms with E-state index in [0.29, 0.717) is 6.61 Å². The van der Waals surface area contributed by atoms with Crippen molar-refractivity contribution < 1.29 is 13.6 Å². The first kappa shape index (κ1) is 20.8. The Kier molecular flexibility index (Phi) is 8.35. The van der Waals surface area contributed by atoms with Crippen LogP contribution in [-0.2, 0) is 20.0 Å². The standard InChI is InChI=1S/C21H35O3P/c1-5-20(6-2)16-17-21(7-3,8-4)24-25(23-20)22-18-12-15-19-13-10-9-11-14-19/h9-11,13-14H,5-8,12,15-18H2,1-4H3. The van der Waals surface area contributed by atoms with Crippen LogP contribution in [-0.4, -0.2) is 17.8 Å². The molecule has 1 aromatic rings. The lowest BCUT2D eigenvalue weighted by molar-refractivity contribution is 0.0229. The molecule has 0 aromatic heterocycles. The van der Waals surface area contributed by atoms with Gasteiger partial charge < -0.3 is 13.6 Å². The smallest absolute Gasteiger partial charge is 0.312 e. The van der Waals surface area contributed by atoms with Gasteiger partial charge in [-0.3, -0.25) is 0 Å². The SMILES string of the molecule is CCC1(CC)CCC(CC)(CC)OP(OCCCc2ccccc2)O1. The molecular weight excluding hydrogens is 331 g/mol. The molecule has 0 bridgehead atoms. The Labute approximate surface area is 155 Å². The van der Waals surface area contributed by atoms with Crippen LogP contribution in [0.4, 0.5) is 0 Å². The van der Waals surface area contributed by atoms with Crippen LogP contribution in [0.1, 0.15) is 78.2 Å². The Bertz CT molecular complexity index is 461. The van der Waals surface area contributed by atoms with Crippen molar-refractivity contribution in [3.63, 3.8) is 0 Å². The predicted molar refractivity (Wildman–Crippen MR) is 106 cm³/mol. The molecule has 1 fully saturated rings. The number of benzene rings is 1. The van der Waals surface area contributed by atoms with E-state index in [-0.39, 0.29) is 11.2 Å². The van der Waals surface area contributed by atoms with Gasteiger partial charge in [0.05, 0.1) is 17.8 Å². The van der Waals surface area contributed by atoms with Gasteiger partial charge in [0.15, 0.2) is 0 Å². The molecule has 0 radical (unpaired) electrons. The highest BCUT2D eigenvalue weighted by Gasteiger charge is 2.43. The minimum Gasteiger partial charge on any atom is -0.312 e. The highest BCUT2D eigenvalue weighted by Crippen LogP contribution is 2.55. The van der Waals surface area contributed by atoms with Crippen molar-refractivity contribution >= 4 is 8.60 Å². The normalized spacial score (nSPS) is 20.3. The molecule has 0 amide bonds. The van der Waals surface area contributed by atoms with Crippen molar-refractivity contribution in [3.05, 3.63) is 35.9 Å². The summed E-state index contributed by atoms with van der Waals surface area (Å²) in [6.07, 6.45) is 8.22. The van der Waals surface area contributed by atoms with Crippen LogP contribution in [0.25, 0.3) is 0 Å². The molecule has 0 N–H and O–H groups in total. The van der Waals surface area contributed by atoms with E-state index in [9.17, 15) is 0 Å². The van der Waals surface area contributed by atoms with E-state index >= 15 is 0 Å². The molecule has 0 unspecified atom stereocenters. The van der Waals surface area contributed by atoms with Gasteiger partial charge in [-0.1, -0.05) is 58.0 Å². The maximum absolute atomic E-state index is 6.43. The minimum absolute atomic E-state index is 0.0861. The van der Waals surface area contributed by atoms with Crippen molar-refractivity contribution in [2.45, 2.75) is 90.3 Å². The van der Waals surface area contributed by atoms with Gasteiger partial charge in [-0.25, -0.2) is 0 Å². The summed E-state index contributed by atoms with van der Waals surface area (Å²) in [7, 11) is -1.28. The molecule has 1 aliphatic heterocycles. The molecule has 2 rings (SSSR count). The monoisotopic (exact) mass is 366 g/mol. The summed E-state index contributed by atoms with van der Waals surface area (Å²) in [6, 6.07) is 10.6. The van der Waals surface area contributed by atoms with Gasteiger partial charge in [-0.05, 0) is 56.9 Å². The third-order valence-electron chi connectivity index (χ3n) is 5.80. The number of hydrogen-bond donors (Lipinski definition) is 0. The summed E-state index contributed by atoms with van der Waals surface area (Å²) in [6.45, 7) is 9.57. The Balaban J connectivity index is 1.94. The molecule has 0 atom stereocenters. The van der Waals surface area contributed by atoms with Gasteiger partial charge in [0.25, 0.3) is 0 Å². The fourth-order valence-corrected chi connectivity index (χ4v) is 5.21. The molecule has 25 heavy (non-hydrogen) atoms. The van der Waals surface area contributed by atoms with Crippen LogP contribution in [0, 0.1) is 0 Å². The quantitative estimate of drug-likeness (QED) is 0.355. The fourth-order valence-electron chi connectivity index (χ4n) is 3.46. The van der Waals surface area contributed by atoms with Crippen LogP contribution in [0.3, 0.4) is 0 Å². The van der Waals surface area contributed by atoms with E-state index in [2.05, 4.69) is 58.0 Å². The van der Waals surface area contributed by atoms with Gasteiger partial charge >= 0.3 is 8.60 Å². The Morgan fingerprint density at radius 2 is 1.40 bits per heavy atom. The van der Waals surface area contributed by atoms with Crippen molar-refractivity contribution in [1.29, 1.82) is 0 Å². The van der Waals surface area contributed by atoms with E-state index < -0.39 is 8.60 Å². The van der Waals surface area contributed by atoms with E-state index in [1.54, 1.807) is 0 Å². The van der Waals surface area contributed by atoms with E-state index in [4.69, 9.17) is 13.6 Å². The highest BCUT2D eigenvalue weighted by atomic mass is 31.2. The van der Waals surface area contributed by atoms with Crippen molar-refractivity contribution in [2.24, 2.45) is 0 Å². The molecule has 0 aliphatic carbocycles. The first-order valence-electron chi connectivity index (χ1n) is 9.96. The molecule has 1 aliphatic rings. The second kappa shape index (κ2) is 10.0. The first-order chi connectivity index (χ1) is 12.1. The molecule has 1 saturated heterocycles. The Morgan fingerprint density at radius 3 is 1.88 bits per heavy atom. The molecule has 4 heteroatoms. The topological polar surface area (TPSA) is 27.7 Å². The van der Waals surface area contributed by atoms with Gasteiger partial charge in [-0.15, -0.1) is 0 Å². The number of hydrogen-bond acceptors (Lipinski definition) is 3. The first-order valence-corrected chi connectivity index (χ1v) is 11.1. The van der Waals surface area contributed by atoms with Crippen molar-refractivity contribution in [2.75, 3.05) is 6.61 Å². The molecule has 1 heterocycles. The van der Waals surface area contributed by atoms with Crippen LogP contribution < -0.4 is 0 Å². The van der Waals surface area contributed by atoms with Gasteiger partial charge in [0, 0.05) is 0 Å². The van der Waals surface area contributed by atoms with Crippen LogP contribution in [0.2, 0.25) is 0 Å². The van der Waals surface area contributed by atoms with E-state index in [1.165, 1.54) is 5.56 Å². The zero-order valence-electron chi connectivity index (χ0n) is 16.4. The minimum atomic E-state index is -1.28. The second-order valence-corrected chi connectivity index (χ2v) is 8.18. The molecular formula is C21H35O3P. The molecule has 142 valence electrons. The molecule has 3 nitrogen and oxygen atoms in total. The zero-order chi connectivity index (χ0) is 18.2. The average molecular weight is 366 g/mol. The lowest BCUT2D eigenvalue weighted by Gasteiger charge is -2.32. The van der Waals surface area contributed by atoms with Crippen LogP contribution in [0.15, 0.2) is 30.3 Å². The van der Waals surface area contributed by atoms with Crippen LogP contribution in [0.5, 0.6) is 0 Å². The lowest BCUT2D eigenvalue weighted by atomic mass is 9.84. The maximum atomic E-state index is 6.43. The lowest BCUT2D eigenvalue weighted by Crippen LogP contribution is -2.31. The third kappa shape index (κ3) is 5.76. The summed E-state index contributed by atoms with van der Waals surface area (Å²) in [5, 5.41) is 0. The summed E-state index contributed by atoms with van der Waals surface area (Å²) in [5.41, 5.74) is 1.18. The predicted octanol–water partition coefficient (Wildman–Crippen LogP) is 6.81. The summed E-state index contributed by atoms with van der Waals surface area (Å²) in [4.78, 5) is 0. The van der Waals surface area contributed by atoms with Crippen molar-refractivity contribution in [3.8, 4) is 0 Å². The van der Waals surface area contributed by atoms with Crippen LogP contribution >= 0.6 is 8.60 Å². The average Bonchev–Trinajstić information content (AvgIpc) is 2.84. The molecule has 0 saturated carbocycles. The van der Waals surface area contributed by atoms with E-state index in [0.717, 1.165) is 51.4 Å². The van der Waals surface area contributed by atoms with Crippen molar-refractivity contribution in [1.82, 2.24) is 0 Å². The van der Waals surface area contributed by atoms with Gasteiger partial charge in [-0.2, -0.15) is 0 Å². The molecule has 0 spiro atoms. The number of rotatable bonds is 9. The summed E-state index contributed by atoms with van der Waals surface area (Å²) in [5.74, 6) is 0.